The van der Waals surface area contributed by atoms with Gasteiger partial charge in [-0.25, -0.2) is 4.79 Å². The van der Waals surface area contributed by atoms with Crippen LogP contribution in [0.3, 0.4) is 0 Å². The fourth-order valence-electron chi connectivity index (χ4n) is 3.38. The van der Waals surface area contributed by atoms with Gasteiger partial charge in [-0.05, 0) is 61.1 Å². The number of aromatic nitrogens is 3. The Balaban J connectivity index is 2.22. The summed E-state index contributed by atoms with van der Waals surface area (Å²) in [6, 6.07) is 13.1. The Morgan fingerprint density at radius 3 is 2.29 bits per heavy atom. The molecule has 3 rings (SSSR count). The number of carbonyl (C=O) groups excluding carboxylic acids is 1. The molecule has 0 spiro atoms. The van der Waals surface area contributed by atoms with Crippen LogP contribution in [0.1, 0.15) is 46.6 Å². The van der Waals surface area contributed by atoms with Gasteiger partial charge in [0.2, 0.25) is 5.69 Å². The van der Waals surface area contributed by atoms with Gasteiger partial charge in [0.15, 0.2) is 0 Å². The first-order chi connectivity index (χ1) is 14.7. The molecule has 0 saturated carbocycles. The monoisotopic (exact) mass is 420 g/mol. The first-order valence-electron chi connectivity index (χ1n) is 10.3. The average molecular weight is 421 g/mol. The summed E-state index contributed by atoms with van der Waals surface area (Å²) >= 11 is 0. The van der Waals surface area contributed by atoms with E-state index in [1.807, 2.05) is 65.0 Å². The van der Waals surface area contributed by atoms with Crippen molar-refractivity contribution in [3.05, 3.63) is 91.3 Å². The SMILES string of the molecule is Cc1cc(C)cc(-n2nc(C(=O)NCC(C)C)c(=O)n(Cc3ccccc3C)c2=O)c1. The Labute approximate surface area is 181 Å². The lowest BCUT2D eigenvalue weighted by molar-refractivity contribution is 0.0939. The molecular formula is C24H28N4O3. The summed E-state index contributed by atoms with van der Waals surface area (Å²) in [6.07, 6.45) is 0. The van der Waals surface area contributed by atoms with Gasteiger partial charge in [-0.2, -0.15) is 9.78 Å². The van der Waals surface area contributed by atoms with Crippen LogP contribution in [-0.4, -0.2) is 26.8 Å². The molecule has 1 aromatic heterocycles. The standard InChI is InChI=1S/C24H28N4O3/c1-15(2)13-25-22(29)21-23(30)27(14-19-9-7-6-8-18(19)5)24(31)28(26-21)20-11-16(3)10-17(4)12-20/h6-12,15H,13-14H2,1-5H3,(H,25,29). The van der Waals surface area contributed by atoms with Gasteiger partial charge in [0.05, 0.1) is 12.2 Å². The number of benzene rings is 2. The maximum Gasteiger partial charge on any atom is 0.352 e. The topological polar surface area (TPSA) is 86.0 Å². The van der Waals surface area contributed by atoms with E-state index in [-0.39, 0.29) is 18.2 Å². The molecule has 0 atom stereocenters. The molecule has 162 valence electrons. The third-order valence-corrected chi connectivity index (χ3v) is 4.99. The third-order valence-electron chi connectivity index (χ3n) is 4.99. The zero-order valence-corrected chi connectivity index (χ0v) is 18.6. The minimum absolute atomic E-state index is 0.0577. The van der Waals surface area contributed by atoms with E-state index in [9.17, 15) is 14.4 Å². The van der Waals surface area contributed by atoms with Gasteiger partial charge < -0.3 is 5.32 Å². The zero-order valence-electron chi connectivity index (χ0n) is 18.6. The van der Waals surface area contributed by atoms with Crippen LogP contribution in [0, 0.1) is 26.7 Å². The van der Waals surface area contributed by atoms with Crippen LogP contribution in [0.15, 0.2) is 52.1 Å². The Morgan fingerprint density at radius 1 is 1.03 bits per heavy atom. The number of amides is 1. The largest absolute Gasteiger partial charge is 0.352 e. The minimum atomic E-state index is -0.699. The van der Waals surface area contributed by atoms with E-state index in [1.54, 1.807) is 12.1 Å². The summed E-state index contributed by atoms with van der Waals surface area (Å²) in [5, 5.41) is 6.92. The van der Waals surface area contributed by atoms with Crippen LogP contribution in [-0.2, 0) is 6.54 Å². The highest BCUT2D eigenvalue weighted by molar-refractivity contribution is 5.91. The molecule has 31 heavy (non-hydrogen) atoms. The van der Waals surface area contributed by atoms with Gasteiger partial charge in [-0.3, -0.25) is 14.2 Å². The second-order valence-corrected chi connectivity index (χ2v) is 8.31. The second-order valence-electron chi connectivity index (χ2n) is 8.31. The van der Waals surface area contributed by atoms with Gasteiger partial charge in [0.1, 0.15) is 0 Å². The number of nitrogens with zero attached hydrogens (tertiary/aromatic N) is 3. The highest BCUT2D eigenvalue weighted by atomic mass is 16.2. The maximum absolute atomic E-state index is 13.3. The van der Waals surface area contributed by atoms with Crippen molar-refractivity contribution in [3.63, 3.8) is 0 Å². The molecule has 0 aliphatic carbocycles. The summed E-state index contributed by atoms with van der Waals surface area (Å²) < 4.78 is 2.22. The van der Waals surface area contributed by atoms with E-state index in [2.05, 4.69) is 10.4 Å². The highest BCUT2D eigenvalue weighted by Crippen LogP contribution is 2.12. The van der Waals surface area contributed by atoms with Gasteiger partial charge in [0, 0.05) is 6.54 Å². The predicted octanol–water partition coefficient (Wildman–Crippen LogP) is 2.75. The summed E-state index contributed by atoms with van der Waals surface area (Å²) in [5.41, 5.74) is 2.61. The van der Waals surface area contributed by atoms with Crippen LogP contribution in [0.25, 0.3) is 5.69 Å². The highest BCUT2D eigenvalue weighted by Gasteiger charge is 2.21. The van der Waals surface area contributed by atoms with Gasteiger partial charge in [-0.1, -0.05) is 44.2 Å². The smallest absolute Gasteiger partial charge is 0.350 e. The Morgan fingerprint density at radius 2 is 1.68 bits per heavy atom. The molecule has 7 nitrogen and oxygen atoms in total. The molecule has 0 aliphatic rings. The van der Waals surface area contributed by atoms with Crippen LogP contribution in [0.4, 0.5) is 0 Å². The molecule has 7 heteroatoms. The molecule has 0 bridgehead atoms. The number of carbonyl (C=O) groups is 1. The molecule has 0 fully saturated rings. The molecule has 0 radical (unpaired) electrons. The number of rotatable bonds is 6. The van der Waals surface area contributed by atoms with Crippen molar-refractivity contribution in [2.45, 2.75) is 41.2 Å². The molecule has 0 aliphatic heterocycles. The molecule has 1 heterocycles. The van der Waals surface area contributed by atoms with Crippen molar-refractivity contribution < 1.29 is 4.79 Å². The molecule has 3 aromatic rings. The van der Waals surface area contributed by atoms with Crippen LogP contribution in [0.2, 0.25) is 0 Å². The quantitative estimate of drug-likeness (QED) is 0.664. The van der Waals surface area contributed by atoms with Gasteiger partial charge in [-0.15, -0.1) is 0 Å². The normalized spacial score (nSPS) is 11.0. The fraction of sp³-hybridized carbons (Fsp3) is 0.333. The van der Waals surface area contributed by atoms with E-state index in [0.29, 0.717) is 12.2 Å². The predicted molar refractivity (Wildman–Crippen MR) is 121 cm³/mol. The molecule has 0 saturated heterocycles. The lowest BCUT2D eigenvalue weighted by atomic mass is 10.1. The molecule has 1 N–H and O–H groups in total. The number of nitrogens with one attached hydrogen (secondary N) is 1. The Hall–Kier alpha value is -3.48. The molecule has 2 aromatic carbocycles. The van der Waals surface area contributed by atoms with E-state index in [0.717, 1.165) is 31.5 Å². The van der Waals surface area contributed by atoms with Crippen molar-refractivity contribution >= 4 is 5.91 Å². The minimum Gasteiger partial charge on any atom is -0.350 e. The number of aryl methyl sites for hydroxylation is 3. The van der Waals surface area contributed by atoms with Gasteiger partial charge in [0.25, 0.3) is 11.5 Å². The Kier molecular flexibility index (Phi) is 6.53. The van der Waals surface area contributed by atoms with Crippen molar-refractivity contribution in [1.82, 2.24) is 19.7 Å². The van der Waals surface area contributed by atoms with Crippen molar-refractivity contribution in [3.8, 4) is 5.69 Å². The van der Waals surface area contributed by atoms with E-state index >= 15 is 0 Å². The van der Waals surface area contributed by atoms with Crippen molar-refractivity contribution in [2.24, 2.45) is 5.92 Å². The molecular weight excluding hydrogens is 392 g/mol. The van der Waals surface area contributed by atoms with E-state index < -0.39 is 17.2 Å². The zero-order chi connectivity index (χ0) is 22.7. The molecule has 1 amide bonds. The lowest BCUT2D eigenvalue weighted by Gasteiger charge is -2.14. The van der Waals surface area contributed by atoms with Crippen LogP contribution in [0.5, 0.6) is 0 Å². The summed E-state index contributed by atoms with van der Waals surface area (Å²) in [4.78, 5) is 39.2. The molecule has 0 unspecified atom stereocenters. The van der Waals surface area contributed by atoms with E-state index in [4.69, 9.17) is 0 Å². The number of hydrogen-bond donors (Lipinski definition) is 1. The van der Waals surface area contributed by atoms with Crippen molar-refractivity contribution in [2.75, 3.05) is 6.54 Å². The fourth-order valence-corrected chi connectivity index (χ4v) is 3.38. The summed E-state index contributed by atoms with van der Waals surface area (Å²) in [5.74, 6) is -0.376. The third kappa shape index (κ3) is 4.99. The summed E-state index contributed by atoms with van der Waals surface area (Å²) in [7, 11) is 0. The van der Waals surface area contributed by atoms with Crippen molar-refractivity contribution in [1.29, 1.82) is 0 Å². The Bertz CT molecular complexity index is 1220. The van der Waals surface area contributed by atoms with Gasteiger partial charge >= 0.3 is 5.69 Å². The number of hydrogen-bond acceptors (Lipinski definition) is 4. The maximum atomic E-state index is 13.3. The first kappa shape index (κ1) is 22.2. The van der Waals surface area contributed by atoms with Crippen LogP contribution < -0.4 is 16.6 Å². The average Bonchev–Trinajstić information content (AvgIpc) is 2.70. The van der Waals surface area contributed by atoms with Crippen LogP contribution >= 0.6 is 0 Å². The summed E-state index contributed by atoms with van der Waals surface area (Å²) in [6.45, 7) is 10.1. The second kappa shape index (κ2) is 9.12. The first-order valence-corrected chi connectivity index (χ1v) is 10.3. The van der Waals surface area contributed by atoms with E-state index in [1.165, 1.54) is 0 Å². The lowest BCUT2D eigenvalue weighted by Crippen LogP contribution is -2.46.